The summed E-state index contributed by atoms with van der Waals surface area (Å²) in [6.07, 6.45) is 1.60. The van der Waals surface area contributed by atoms with E-state index in [9.17, 15) is 19.5 Å². The van der Waals surface area contributed by atoms with Crippen LogP contribution in [0.1, 0.15) is 74.1 Å². The average molecular weight is 313 g/mol. The van der Waals surface area contributed by atoms with Crippen molar-refractivity contribution in [1.29, 1.82) is 0 Å². The van der Waals surface area contributed by atoms with Crippen molar-refractivity contribution < 1.29 is 19.5 Å². The van der Waals surface area contributed by atoms with Crippen molar-refractivity contribution >= 4 is 17.6 Å². The molecule has 0 aromatic rings. The summed E-state index contributed by atoms with van der Waals surface area (Å²) in [4.78, 5) is 37.9. The summed E-state index contributed by atoms with van der Waals surface area (Å²) in [5, 5.41) is 10.3. The topological polar surface area (TPSA) is 74.7 Å². The molecule has 0 rings (SSSR count). The van der Waals surface area contributed by atoms with Gasteiger partial charge in [0.15, 0.2) is 0 Å². The molecule has 0 bridgehead atoms. The van der Waals surface area contributed by atoms with Gasteiger partial charge in [-0.05, 0) is 12.8 Å². The molecule has 1 unspecified atom stereocenters. The SMILES string of the molecule is CCCCCC(O)N(C(=O)C(=O)C(C)(C)C)C(=O)C(C)(C)C. The van der Waals surface area contributed by atoms with Gasteiger partial charge >= 0.3 is 0 Å². The molecule has 0 heterocycles. The smallest absolute Gasteiger partial charge is 0.299 e. The van der Waals surface area contributed by atoms with Crippen molar-refractivity contribution in [3.8, 4) is 0 Å². The summed E-state index contributed by atoms with van der Waals surface area (Å²) in [6, 6.07) is 0. The third-order valence-electron chi connectivity index (χ3n) is 3.32. The van der Waals surface area contributed by atoms with Gasteiger partial charge in [0, 0.05) is 10.8 Å². The van der Waals surface area contributed by atoms with E-state index < -0.39 is 34.7 Å². The van der Waals surface area contributed by atoms with Crippen LogP contribution in [-0.4, -0.2) is 33.8 Å². The Morgan fingerprint density at radius 3 is 1.82 bits per heavy atom. The van der Waals surface area contributed by atoms with E-state index in [0.29, 0.717) is 12.8 Å². The van der Waals surface area contributed by atoms with E-state index in [1.54, 1.807) is 41.5 Å². The first-order chi connectivity index (χ1) is 9.84. The minimum absolute atomic E-state index is 0.290. The van der Waals surface area contributed by atoms with Gasteiger partial charge in [0.25, 0.3) is 5.91 Å². The molecule has 1 N–H and O–H groups in total. The number of ketones is 1. The first-order valence-corrected chi connectivity index (χ1v) is 7.94. The van der Waals surface area contributed by atoms with Crippen LogP contribution in [0.5, 0.6) is 0 Å². The number of hydrogen-bond acceptors (Lipinski definition) is 4. The summed E-state index contributed by atoms with van der Waals surface area (Å²) >= 11 is 0. The van der Waals surface area contributed by atoms with Gasteiger partial charge in [-0.15, -0.1) is 0 Å². The number of amides is 2. The van der Waals surface area contributed by atoms with Gasteiger partial charge in [-0.2, -0.15) is 0 Å². The fraction of sp³-hybridized carbons (Fsp3) is 0.824. The number of imide groups is 1. The fourth-order valence-electron chi connectivity index (χ4n) is 1.86. The molecule has 0 aliphatic rings. The molecule has 2 amide bonds. The minimum Gasteiger partial charge on any atom is -0.373 e. The van der Waals surface area contributed by atoms with Crippen molar-refractivity contribution in [2.24, 2.45) is 10.8 Å². The van der Waals surface area contributed by atoms with Gasteiger partial charge in [0.05, 0.1) is 0 Å². The fourth-order valence-corrected chi connectivity index (χ4v) is 1.86. The average Bonchev–Trinajstić information content (AvgIpc) is 2.35. The zero-order valence-corrected chi connectivity index (χ0v) is 15.0. The number of unbranched alkanes of at least 4 members (excludes halogenated alkanes) is 2. The highest BCUT2D eigenvalue weighted by molar-refractivity contribution is 6.40. The lowest BCUT2D eigenvalue weighted by Gasteiger charge is -2.32. The van der Waals surface area contributed by atoms with Crippen LogP contribution in [0.2, 0.25) is 0 Å². The van der Waals surface area contributed by atoms with Crippen LogP contribution in [0, 0.1) is 10.8 Å². The highest BCUT2D eigenvalue weighted by Gasteiger charge is 2.41. The van der Waals surface area contributed by atoms with E-state index in [2.05, 4.69) is 0 Å². The van der Waals surface area contributed by atoms with Crippen LogP contribution >= 0.6 is 0 Å². The third kappa shape index (κ3) is 5.87. The molecule has 0 aliphatic heterocycles. The minimum atomic E-state index is -1.25. The molecule has 0 spiro atoms. The second kappa shape index (κ2) is 7.86. The lowest BCUT2D eigenvalue weighted by Crippen LogP contribution is -2.53. The molecule has 1 atom stereocenters. The van der Waals surface area contributed by atoms with Crippen LogP contribution in [0.25, 0.3) is 0 Å². The maximum absolute atomic E-state index is 12.5. The number of carbonyl (C=O) groups excluding carboxylic acids is 3. The Morgan fingerprint density at radius 2 is 1.45 bits per heavy atom. The molecule has 0 aliphatic carbocycles. The Hall–Kier alpha value is -1.23. The van der Waals surface area contributed by atoms with Crippen LogP contribution < -0.4 is 0 Å². The first kappa shape index (κ1) is 20.8. The molecule has 5 nitrogen and oxygen atoms in total. The molecule has 128 valence electrons. The standard InChI is InChI=1S/C17H31NO4/c1-8-9-10-11-12(19)18(15(22)17(5,6)7)14(21)13(20)16(2,3)4/h12,19H,8-11H2,1-7H3. The number of aliphatic hydroxyl groups excluding tert-OH is 1. The summed E-state index contributed by atoms with van der Waals surface area (Å²) in [5.41, 5.74) is -1.74. The largest absolute Gasteiger partial charge is 0.373 e. The maximum Gasteiger partial charge on any atom is 0.299 e. The van der Waals surface area contributed by atoms with E-state index >= 15 is 0 Å². The molecule has 0 saturated carbocycles. The first-order valence-electron chi connectivity index (χ1n) is 7.94. The molecule has 0 radical (unpaired) electrons. The molecule has 22 heavy (non-hydrogen) atoms. The van der Waals surface area contributed by atoms with Gasteiger partial charge in [0.2, 0.25) is 11.7 Å². The predicted octanol–water partition coefficient (Wildman–Crippen LogP) is 2.90. The van der Waals surface area contributed by atoms with E-state index in [4.69, 9.17) is 0 Å². The lowest BCUT2D eigenvalue weighted by atomic mass is 9.88. The van der Waals surface area contributed by atoms with Crippen LogP contribution in [-0.2, 0) is 14.4 Å². The van der Waals surface area contributed by atoms with Crippen molar-refractivity contribution in [2.45, 2.75) is 80.4 Å². The van der Waals surface area contributed by atoms with E-state index in [1.807, 2.05) is 6.92 Å². The summed E-state index contributed by atoms with van der Waals surface area (Å²) in [6.45, 7) is 11.9. The van der Waals surface area contributed by atoms with Crippen molar-refractivity contribution in [3.63, 3.8) is 0 Å². The summed E-state index contributed by atoms with van der Waals surface area (Å²) in [7, 11) is 0. The predicted molar refractivity (Wildman–Crippen MR) is 85.9 cm³/mol. The Morgan fingerprint density at radius 1 is 0.955 bits per heavy atom. The highest BCUT2D eigenvalue weighted by Crippen LogP contribution is 2.24. The molecular weight excluding hydrogens is 282 g/mol. The second-order valence-electron chi connectivity index (χ2n) is 7.79. The number of carbonyl (C=O) groups is 3. The second-order valence-corrected chi connectivity index (χ2v) is 7.79. The Labute approximate surface area is 134 Å². The van der Waals surface area contributed by atoms with Crippen molar-refractivity contribution in [1.82, 2.24) is 4.90 Å². The quantitative estimate of drug-likeness (QED) is 0.465. The lowest BCUT2D eigenvalue weighted by molar-refractivity contribution is -0.167. The Kier molecular flexibility index (Phi) is 7.42. The molecule has 0 aromatic carbocycles. The number of rotatable bonds is 6. The number of Topliss-reactive ketones (excluding diaryl/α,β-unsaturated/α-hetero) is 1. The van der Waals surface area contributed by atoms with E-state index in [-0.39, 0.29) is 0 Å². The van der Waals surface area contributed by atoms with Crippen LogP contribution in [0.15, 0.2) is 0 Å². The van der Waals surface area contributed by atoms with Crippen molar-refractivity contribution in [2.75, 3.05) is 0 Å². The van der Waals surface area contributed by atoms with Gasteiger partial charge in [-0.1, -0.05) is 61.3 Å². The monoisotopic (exact) mass is 313 g/mol. The van der Waals surface area contributed by atoms with E-state index in [0.717, 1.165) is 17.7 Å². The zero-order valence-electron chi connectivity index (χ0n) is 15.0. The van der Waals surface area contributed by atoms with Gasteiger partial charge < -0.3 is 5.11 Å². The number of nitrogens with zero attached hydrogens (tertiary/aromatic N) is 1. The Balaban J connectivity index is 5.39. The highest BCUT2D eigenvalue weighted by atomic mass is 16.3. The van der Waals surface area contributed by atoms with Crippen LogP contribution in [0.3, 0.4) is 0 Å². The van der Waals surface area contributed by atoms with Gasteiger partial charge in [0.1, 0.15) is 6.23 Å². The van der Waals surface area contributed by atoms with Crippen molar-refractivity contribution in [3.05, 3.63) is 0 Å². The maximum atomic E-state index is 12.5. The summed E-state index contributed by atoms with van der Waals surface area (Å²) < 4.78 is 0. The molecular formula is C17H31NO4. The number of hydrogen-bond donors (Lipinski definition) is 1. The third-order valence-corrected chi connectivity index (χ3v) is 3.32. The molecule has 0 fully saturated rings. The van der Waals surface area contributed by atoms with E-state index in [1.165, 1.54) is 0 Å². The van der Waals surface area contributed by atoms with Gasteiger partial charge in [-0.3, -0.25) is 14.4 Å². The zero-order chi connectivity index (χ0) is 17.7. The molecule has 0 saturated heterocycles. The molecule has 0 aromatic heterocycles. The van der Waals surface area contributed by atoms with Crippen LogP contribution in [0.4, 0.5) is 0 Å². The Bertz CT molecular complexity index is 415. The molecule has 5 heteroatoms. The summed E-state index contributed by atoms with van der Waals surface area (Å²) in [5.74, 6) is -2.12. The number of aliphatic hydroxyl groups is 1. The van der Waals surface area contributed by atoms with Gasteiger partial charge in [-0.25, -0.2) is 4.90 Å². The normalized spacial score (nSPS) is 13.6.